The molecule has 1 aliphatic carbocycles. The molecule has 2 aliphatic rings. The normalized spacial score (nSPS) is 23.5. The summed E-state index contributed by atoms with van der Waals surface area (Å²) in [7, 11) is 0. The molecule has 0 aromatic heterocycles. The van der Waals surface area contributed by atoms with Crippen LogP contribution in [0.4, 0.5) is 0 Å². The zero-order valence-electron chi connectivity index (χ0n) is 11.5. The first-order valence-electron chi connectivity index (χ1n) is 7.53. The van der Waals surface area contributed by atoms with Crippen molar-refractivity contribution in [3.05, 3.63) is 41.6 Å². The molecule has 0 spiro atoms. The monoisotopic (exact) mass is 257 g/mol. The van der Waals surface area contributed by atoms with E-state index in [1.165, 1.54) is 50.8 Å². The van der Waals surface area contributed by atoms with Gasteiger partial charge in [0.05, 0.1) is 0 Å². The van der Waals surface area contributed by atoms with Gasteiger partial charge in [-0.15, -0.1) is 0 Å². The molecule has 1 fully saturated rings. The molecule has 1 heterocycles. The van der Waals surface area contributed by atoms with Gasteiger partial charge in [0, 0.05) is 18.8 Å². The van der Waals surface area contributed by atoms with Crippen molar-refractivity contribution in [1.82, 2.24) is 4.90 Å². The quantitative estimate of drug-likeness (QED) is 0.892. The molecule has 1 saturated heterocycles. The van der Waals surface area contributed by atoms with Crippen molar-refractivity contribution in [1.29, 1.82) is 0 Å². The van der Waals surface area contributed by atoms with Gasteiger partial charge < -0.3 is 10.0 Å². The average molecular weight is 257 g/mol. The number of nitrogens with zero attached hydrogens (tertiary/aromatic N) is 1. The Balaban J connectivity index is 1.56. The predicted octanol–water partition coefficient (Wildman–Crippen LogP) is 3.71. The lowest BCUT2D eigenvalue weighted by Crippen LogP contribution is -2.36. The van der Waals surface area contributed by atoms with Crippen molar-refractivity contribution in [2.45, 2.75) is 38.5 Å². The second-order valence-electron chi connectivity index (χ2n) is 5.89. The van der Waals surface area contributed by atoms with E-state index in [-0.39, 0.29) is 0 Å². The summed E-state index contributed by atoms with van der Waals surface area (Å²) in [4.78, 5) is 2.54. The van der Waals surface area contributed by atoms with Gasteiger partial charge in [-0.2, -0.15) is 0 Å². The van der Waals surface area contributed by atoms with Gasteiger partial charge in [-0.3, -0.25) is 0 Å². The van der Waals surface area contributed by atoms with E-state index < -0.39 is 0 Å². The second kappa shape index (κ2) is 5.68. The van der Waals surface area contributed by atoms with Crippen LogP contribution in [0, 0.1) is 5.92 Å². The van der Waals surface area contributed by atoms with Gasteiger partial charge >= 0.3 is 0 Å². The van der Waals surface area contributed by atoms with Crippen LogP contribution in [0.1, 0.15) is 37.7 Å². The molecule has 1 aromatic carbocycles. The topological polar surface area (TPSA) is 23.5 Å². The maximum absolute atomic E-state index is 9.54. The summed E-state index contributed by atoms with van der Waals surface area (Å²) in [6.07, 6.45) is 9.96. The fourth-order valence-electron chi connectivity index (χ4n) is 3.20. The van der Waals surface area contributed by atoms with Gasteiger partial charge in [-0.1, -0.05) is 18.2 Å². The summed E-state index contributed by atoms with van der Waals surface area (Å²) in [6, 6.07) is 7.74. The number of hydrogen-bond acceptors (Lipinski definition) is 2. The van der Waals surface area contributed by atoms with Crippen LogP contribution in [0.2, 0.25) is 0 Å². The largest absolute Gasteiger partial charge is 0.508 e. The van der Waals surface area contributed by atoms with Crippen LogP contribution >= 0.6 is 0 Å². The van der Waals surface area contributed by atoms with Crippen LogP contribution in [0.3, 0.4) is 0 Å². The van der Waals surface area contributed by atoms with Crippen molar-refractivity contribution in [2.24, 2.45) is 5.92 Å². The average Bonchev–Trinajstić information content (AvgIpc) is 2.53. The Bertz CT molecular complexity index is 462. The Morgan fingerprint density at radius 3 is 2.84 bits per heavy atom. The smallest absolute Gasteiger partial charge is 0.115 e. The molecule has 2 nitrogen and oxygen atoms in total. The molecule has 0 amide bonds. The highest BCUT2D eigenvalue weighted by atomic mass is 16.3. The predicted molar refractivity (Wildman–Crippen MR) is 78.0 cm³/mol. The third kappa shape index (κ3) is 3.12. The molecule has 1 aromatic rings. The lowest BCUT2D eigenvalue weighted by molar-refractivity contribution is 0.228. The highest BCUT2D eigenvalue weighted by Crippen LogP contribution is 2.30. The Morgan fingerprint density at radius 1 is 1.21 bits per heavy atom. The first-order chi connectivity index (χ1) is 9.31. The minimum absolute atomic E-state index is 0.394. The van der Waals surface area contributed by atoms with E-state index >= 15 is 0 Å². The van der Waals surface area contributed by atoms with Crippen LogP contribution in [0.25, 0.3) is 0 Å². The molecule has 1 atom stereocenters. The van der Waals surface area contributed by atoms with Crippen molar-refractivity contribution in [3.63, 3.8) is 0 Å². The highest BCUT2D eigenvalue weighted by molar-refractivity contribution is 5.27. The number of phenols is 1. The van der Waals surface area contributed by atoms with E-state index in [1.807, 2.05) is 12.1 Å². The zero-order valence-corrected chi connectivity index (χ0v) is 11.5. The van der Waals surface area contributed by atoms with Crippen LogP contribution in [-0.2, 0) is 6.42 Å². The van der Waals surface area contributed by atoms with Crippen molar-refractivity contribution >= 4 is 0 Å². The maximum atomic E-state index is 9.54. The van der Waals surface area contributed by atoms with Crippen LogP contribution in [0.15, 0.2) is 36.0 Å². The van der Waals surface area contributed by atoms with E-state index in [4.69, 9.17) is 0 Å². The SMILES string of the molecule is Oc1cccc(C[C@H]2CCC=C(N3CCC3)CC2)c1. The molecule has 0 saturated carbocycles. The summed E-state index contributed by atoms with van der Waals surface area (Å²) in [5.41, 5.74) is 2.86. The Labute approximate surface area is 115 Å². The number of likely N-dealkylation sites (tertiary alicyclic amines) is 1. The molecule has 19 heavy (non-hydrogen) atoms. The number of hydrogen-bond donors (Lipinski definition) is 1. The van der Waals surface area contributed by atoms with E-state index in [0.29, 0.717) is 5.75 Å². The molecule has 3 rings (SSSR count). The lowest BCUT2D eigenvalue weighted by atomic mass is 9.92. The molecule has 0 radical (unpaired) electrons. The number of aromatic hydroxyl groups is 1. The van der Waals surface area contributed by atoms with Crippen molar-refractivity contribution < 1.29 is 5.11 Å². The third-order valence-corrected chi connectivity index (χ3v) is 4.46. The Kier molecular flexibility index (Phi) is 3.77. The minimum Gasteiger partial charge on any atom is -0.508 e. The number of benzene rings is 1. The molecular weight excluding hydrogens is 234 g/mol. The van der Waals surface area contributed by atoms with Gasteiger partial charge in [0.2, 0.25) is 0 Å². The highest BCUT2D eigenvalue weighted by Gasteiger charge is 2.20. The summed E-state index contributed by atoms with van der Waals surface area (Å²) in [6.45, 7) is 2.53. The maximum Gasteiger partial charge on any atom is 0.115 e. The van der Waals surface area contributed by atoms with Crippen molar-refractivity contribution in [2.75, 3.05) is 13.1 Å². The van der Waals surface area contributed by atoms with Gasteiger partial charge in [0.1, 0.15) is 5.75 Å². The summed E-state index contributed by atoms with van der Waals surface area (Å²) < 4.78 is 0. The van der Waals surface area contributed by atoms with Gasteiger partial charge in [-0.25, -0.2) is 0 Å². The molecule has 1 aliphatic heterocycles. The number of phenolic OH excluding ortho intramolecular Hbond substituents is 1. The third-order valence-electron chi connectivity index (χ3n) is 4.46. The summed E-state index contributed by atoms with van der Waals surface area (Å²) >= 11 is 0. The molecule has 2 heteroatoms. The van der Waals surface area contributed by atoms with E-state index in [0.717, 1.165) is 12.3 Å². The van der Waals surface area contributed by atoms with Crippen LogP contribution in [0.5, 0.6) is 5.75 Å². The Hall–Kier alpha value is -1.44. The number of rotatable bonds is 3. The van der Waals surface area contributed by atoms with Crippen molar-refractivity contribution in [3.8, 4) is 5.75 Å². The van der Waals surface area contributed by atoms with Crippen LogP contribution in [-0.4, -0.2) is 23.1 Å². The standard InChI is InChI=1S/C17H23NO/c19-17-7-2-5-15(13-17)12-14-4-1-6-16(9-8-14)18-10-3-11-18/h2,5-7,13-14,19H,1,3-4,8-12H2/t14-/m0/s1. The fraction of sp³-hybridized carbons (Fsp3) is 0.529. The van der Waals surface area contributed by atoms with E-state index in [1.54, 1.807) is 11.8 Å². The molecule has 1 N–H and O–H groups in total. The number of allylic oxidation sites excluding steroid dienone is 2. The molecule has 102 valence electrons. The molecular formula is C17H23NO. The lowest BCUT2D eigenvalue weighted by Gasteiger charge is -2.35. The van der Waals surface area contributed by atoms with Crippen LogP contribution < -0.4 is 0 Å². The molecule has 0 unspecified atom stereocenters. The minimum atomic E-state index is 0.394. The zero-order chi connectivity index (χ0) is 13.1. The van der Waals surface area contributed by atoms with Gasteiger partial charge in [-0.05, 0) is 62.1 Å². The molecule has 0 bridgehead atoms. The van der Waals surface area contributed by atoms with E-state index in [2.05, 4.69) is 17.0 Å². The first-order valence-corrected chi connectivity index (χ1v) is 7.53. The fourth-order valence-corrected chi connectivity index (χ4v) is 3.20. The summed E-state index contributed by atoms with van der Waals surface area (Å²) in [5, 5.41) is 9.54. The van der Waals surface area contributed by atoms with Gasteiger partial charge in [0.15, 0.2) is 0 Å². The summed E-state index contributed by atoms with van der Waals surface area (Å²) in [5.74, 6) is 1.15. The van der Waals surface area contributed by atoms with E-state index in [9.17, 15) is 5.11 Å². The second-order valence-corrected chi connectivity index (χ2v) is 5.89. The Morgan fingerprint density at radius 2 is 2.11 bits per heavy atom. The van der Waals surface area contributed by atoms with Gasteiger partial charge in [0.25, 0.3) is 0 Å². The first kappa shape index (κ1) is 12.6.